The number of hydrogen-bond acceptors (Lipinski definition) is 2. The van der Waals surface area contributed by atoms with Crippen LogP contribution in [0.5, 0.6) is 0 Å². The summed E-state index contributed by atoms with van der Waals surface area (Å²) in [5.41, 5.74) is 1.08. The molecule has 6 heteroatoms. The molecule has 0 fully saturated rings. The summed E-state index contributed by atoms with van der Waals surface area (Å²) in [6.07, 6.45) is 0. The van der Waals surface area contributed by atoms with Crippen molar-refractivity contribution in [3.63, 3.8) is 0 Å². The maximum atomic E-state index is 13.5. The standard InChI is InChI=1S/C13H11BrFIN2O/c1-6(2)11-10(16)13(19)18-12(17-11)7-3-4-8(14)9(15)5-7/h3-6H,1-2H3,(H,17,18,19). The first-order valence-electron chi connectivity index (χ1n) is 5.65. The zero-order valence-corrected chi connectivity index (χ0v) is 14.0. The molecule has 0 unspecified atom stereocenters. The van der Waals surface area contributed by atoms with Gasteiger partial charge < -0.3 is 4.98 Å². The van der Waals surface area contributed by atoms with Crippen LogP contribution in [0.3, 0.4) is 0 Å². The Labute approximate surface area is 131 Å². The van der Waals surface area contributed by atoms with Gasteiger partial charge in [0.1, 0.15) is 11.6 Å². The molecule has 1 N–H and O–H groups in total. The second-order valence-corrected chi connectivity index (χ2v) is 6.33. The number of aromatic nitrogens is 2. The summed E-state index contributed by atoms with van der Waals surface area (Å²) in [4.78, 5) is 19.0. The van der Waals surface area contributed by atoms with Crippen LogP contribution in [0.4, 0.5) is 4.39 Å². The van der Waals surface area contributed by atoms with Gasteiger partial charge in [0.05, 0.1) is 13.7 Å². The fourth-order valence-electron chi connectivity index (χ4n) is 1.64. The van der Waals surface area contributed by atoms with E-state index >= 15 is 0 Å². The summed E-state index contributed by atoms with van der Waals surface area (Å²) in [6.45, 7) is 3.94. The molecular formula is C13H11BrFIN2O. The molecule has 2 aromatic rings. The van der Waals surface area contributed by atoms with E-state index in [4.69, 9.17) is 0 Å². The molecule has 3 nitrogen and oxygen atoms in total. The Kier molecular flexibility index (Phi) is 4.39. The first-order chi connectivity index (χ1) is 8.90. The lowest BCUT2D eigenvalue weighted by Crippen LogP contribution is -2.17. The van der Waals surface area contributed by atoms with Gasteiger partial charge in [-0.15, -0.1) is 0 Å². The number of halogens is 3. The molecule has 0 spiro atoms. The minimum Gasteiger partial charge on any atom is -0.306 e. The zero-order valence-electron chi connectivity index (χ0n) is 10.3. The van der Waals surface area contributed by atoms with Crippen LogP contribution in [0.25, 0.3) is 11.4 Å². The van der Waals surface area contributed by atoms with Crippen LogP contribution in [0.2, 0.25) is 0 Å². The average molecular weight is 437 g/mol. The predicted octanol–water partition coefficient (Wildman–Crippen LogP) is 4.07. The van der Waals surface area contributed by atoms with Crippen molar-refractivity contribution in [2.75, 3.05) is 0 Å². The molecule has 0 aliphatic heterocycles. The predicted molar refractivity (Wildman–Crippen MR) is 84.8 cm³/mol. The van der Waals surface area contributed by atoms with E-state index in [1.165, 1.54) is 6.07 Å². The maximum Gasteiger partial charge on any atom is 0.264 e. The maximum absolute atomic E-state index is 13.5. The van der Waals surface area contributed by atoms with Crippen LogP contribution in [-0.4, -0.2) is 9.97 Å². The molecule has 0 bridgehead atoms. The number of nitrogens with one attached hydrogen (secondary N) is 1. The van der Waals surface area contributed by atoms with E-state index in [0.717, 1.165) is 5.69 Å². The van der Waals surface area contributed by atoms with Crippen LogP contribution < -0.4 is 5.56 Å². The largest absolute Gasteiger partial charge is 0.306 e. The number of rotatable bonds is 2. The van der Waals surface area contributed by atoms with Crippen LogP contribution >= 0.6 is 38.5 Å². The van der Waals surface area contributed by atoms with Crippen LogP contribution in [-0.2, 0) is 0 Å². The molecule has 1 heterocycles. The third kappa shape index (κ3) is 3.05. The van der Waals surface area contributed by atoms with Crippen molar-refractivity contribution in [3.05, 3.63) is 48.1 Å². The molecule has 0 saturated heterocycles. The fraction of sp³-hybridized carbons (Fsp3) is 0.231. The van der Waals surface area contributed by atoms with E-state index in [-0.39, 0.29) is 17.3 Å². The van der Waals surface area contributed by atoms with Gasteiger partial charge in [-0.2, -0.15) is 0 Å². The first kappa shape index (κ1) is 14.6. The molecule has 0 aliphatic rings. The van der Waals surface area contributed by atoms with E-state index in [0.29, 0.717) is 19.4 Å². The van der Waals surface area contributed by atoms with Gasteiger partial charge >= 0.3 is 0 Å². The van der Waals surface area contributed by atoms with E-state index in [1.54, 1.807) is 12.1 Å². The Hall–Kier alpha value is -0.760. The number of aromatic amines is 1. The van der Waals surface area contributed by atoms with Gasteiger partial charge in [0.15, 0.2) is 0 Å². The van der Waals surface area contributed by atoms with Gasteiger partial charge in [0.25, 0.3) is 5.56 Å². The molecule has 1 aromatic carbocycles. The Morgan fingerprint density at radius 3 is 2.68 bits per heavy atom. The van der Waals surface area contributed by atoms with Crippen LogP contribution in [0, 0.1) is 9.39 Å². The summed E-state index contributed by atoms with van der Waals surface area (Å²) < 4.78 is 14.5. The van der Waals surface area contributed by atoms with Crippen molar-refractivity contribution in [2.45, 2.75) is 19.8 Å². The van der Waals surface area contributed by atoms with Crippen molar-refractivity contribution in [3.8, 4) is 11.4 Å². The molecule has 0 amide bonds. The Morgan fingerprint density at radius 1 is 1.42 bits per heavy atom. The van der Waals surface area contributed by atoms with Gasteiger partial charge in [-0.3, -0.25) is 4.79 Å². The quantitative estimate of drug-likeness (QED) is 0.721. The van der Waals surface area contributed by atoms with E-state index in [2.05, 4.69) is 25.9 Å². The van der Waals surface area contributed by atoms with Gasteiger partial charge in [-0.05, 0) is 62.6 Å². The summed E-state index contributed by atoms with van der Waals surface area (Å²) >= 11 is 5.08. The van der Waals surface area contributed by atoms with Crippen LogP contribution in [0.1, 0.15) is 25.5 Å². The third-order valence-corrected chi connectivity index (χ3v) is 4.31. The highest BCUT2D eigenvalue weighted by Crippen LogP contribution is 2.24. The Balaban J connectivity index is 2.63. The molecular weight excluding hydrogens is 426 g/mol. The molecule has 1 aromatic heterocycles. The second-order valence-electron chi connectivity index (χ2n) is 4.40. The molecule has 0 aliphatic carbocycles. The highest BCUT2D eigenvalue weighted by molar-refractivity contribution is 14.1. The molecule has 19 heavy (non-hydrogen) atoms. The lowest BCUT2D eigenvalue weighted by atomic mass is 10.1. The van der Waals surface area contributed by atoms with Crippen molar-refractivity contribution >= 4 is 38.5 Å². The lowest BCUT2D eigenvalue weighted by Gasteiger charge is -2.09. The highest BCUT2D eigenvalue weighted by Gasteiger charge is 2.13. The van der Waals surface area contributed by atoms with Gasteiger partial charge in [-0.25, -0.2) is 9.37 Å². The molecule has 2 rings (SSSR count). The summed E-state index contributed by atoms with van der Waals surface area (Å²) in [5, 5.41) is 0. The molecule has 100 valence electrons. The SMILES string of the molecule is CC(C)c1nc(-c2ccc(Br)c(F)c2)[nH]c(=O)c1I. The number of hydrogen-bond donors (Lipinski definition) is 1. The fourth-order valence-corrected chi connectivity index (χ4v) is 2.76. The first-order valence-corrected chi connectivity index (χ1v) is 7.52. The van der Waals surface area contributed by atoms with Gasteiger partial charge in [0, 0.05) is 5.56 Å². The zero-order chi connectivity index (χ0) is 14.2. The normalized spacial score (nSPS) is 11.1. The molecule has 0 saturated carbocycles. The van der Waals surface area contributed by atoms with Crippen LogP contribution in [0.15, 0.2) is 27.5 Å². The van der Waals surface area contributed by atoms with Crippen molar-refractivity contribution in [2.24, 2.45) is 0 Å². The van der Waals surface area contributed by atoms with E-state index < -0.39 is 0 Å². The Bertz CT molecular complexity index is 685. The minimum atomic E-state index is -0.384. The van der Waals surface area contributed by atoms with E-state index in [1.807, 2.05) is 36.4 Å². The summed E-state index contributed by atoms with van der Waals surface area (Å²) in [7, 11) is 0. The molecule has 0 atom stereocenters. The number of nitrogens with zero attached hydrogens (tertiary/aromatic N) is 1. The smallest absolute Gasteiger partial charge is 0.264 e. The Morgan fingerprint density at radius 2 is 2.11 bits per heavy atom. The van der Waals surface area contributed by atoms with Crippen molar-refractivity contribution < 1.29 is 4.39 Å². The van der Waals surface area contributed by atoms with Crippen molar-refractivity contribution in [1.29, 1.82) is 0 Å². The van der Waals surface area contributed by atoms with E-state index in [9.17, 15) is 9.18 Å². The summed E-state index contributed by atoms with van der Waals surface area (Å²) in [6, 6.07) is 4.65. The topological polar surface area (TPSA) is 45.8 Å². The number of benzene rings is 1. The lowest BCUT2D eigenvalue weighted by molar-refractivity contribution is 0.621. The highest BCUT2D eigenvalue weighted by atomic mass is 127. The van der Waals surface area contributed by atoms with Crippen molar-refractivity contribution in [1.82, 2.24) is 9.97 Å². The molecule has 0 radical (unpaired) electrons. The second kappa shape index (κ2) is 5.70. The summed E-state index contributed by atoms with van der Waals surface area (Å²) in [5.74, 6) is 0.138. The number of H-pyrrole nitrogens is 1. The monoisotopic (exact) mass is 436 g/mol. The van der Waals surface area contributed by atoms with Gasteiger partial charge in [-0.1, -0.05) is 13.8 Å². The van der Waals surface area contributed by atoms with Gasteiger partial charge in [0.2, 0.25) is 0 Å². The minimum absolute atomic E-state index is 0.133. The average Bonchev–Trinajstić information content (AvgIpc) is 2.35. The third-order valence-electron chi connectivity index (χ3n) is 2.63.